The number of aliphatic hydroxyl groups excluding tert-OH is 2. The van der Waals surface area contributed by atoms with Crippen molar-refractivity contribution in [1.29, 1.82) is 0 Å². The molecule has 3 heterocycles. The Morgan fingerprint density at radius 1 is 1.00 bits per heavy atom. The van der Waals surface area contributed by atoms with E-state index in [1.807, 2.05) is 47.1 Å². The summed E-state index contributed by atoms with van der Waals surface area (Å²) in [6, 6.07) is 15.1. The molecule has 1 saturated heterocycles. The molecule has 162 valence electrons. The van der Waals surface area contributed by atoms with Gasteiger partial charge in [0.1, 0.15) is 5.82 Å². The van der Waals surface area contributed by atoms with Crippen LogP contribution in [0.25, 0.3) is 10.9 Å². The van der Waals surface area contributed by atoms with Gasteiger partial charge in [0.25, 0.3) is 0 Å². The summed E-state index contributed by atoms with van der Waals surface area (Å²) < 4.78 is 25.5. The van der Waals surface area contributed by atoms with Crippen LogP contribution in [-0.2, 0) is 16.4 Å². The average molecular weight is 440 g/mol. The van der Waals surface area contributed by atoms with E-state index in [-0.39, 0.29) is 5.75 Å². The van der Waals surface area contributed by atoms with E-state index in [1.54, 1.807) is 12.1 Å². The van der Waals surface area contributed by atoms with Gasteiger partial charge in [-0.15, -0.1) is 0 Å². The molecule has 0 bridgehead atoms. The van der Waals surface area contributed by atoms with E-state index in [4.69, 9.17) is 4.98 Å². The van der Waals surface area contributed by atoms with Gasteiger partial charge < -0.3 is 20.0 Å². The molecule has 1 unspecified atom stereocenters. The van der Waals surface area contributed by atoms with Crippen molar-refractivity contribution in [2.24, 2.45) is 0 Å². The Bertz CT molecular complexity index is 1250. The van der Waals surface area contributed by atoms with E-state index in [1.165, 1.54) is 0 Å². The van der Waals surface area contributed by atoms with Crippen LogP contribution in [0.4, 0.5) is 11.5 Å². The topological polar surface area (TPSA) is 94.0 Å². The first-order chi connectivity index (χ1) is 14.8. The van der Waals surface area contributed by atoms with Gasteiger partial charge in [0.2, 0.25) is 0 Å². The summed E-state index contributed by atoms with van der Waals surface area (Å²) in [6.45, 7) is 3.48. The number of aromatic nitrogens is 1. The highest BCUT2D eigenvalue weighted by Crippen LogP contribution is 2.34. The largest absolute Gasteiger partial charge is 0.389 e. The number of hydrogen-bond acceptors (Lipinski definition) is 7. The van der Waals surface area contributed by atoms with E-state index in [0.29, 0.717) is 36.9 Å². The van der Waals surface area contributed by atoms with Crippen LogP contribution in [0, 0.1) is 6.92 Å². The number of rotatable bonds is 2. The van der Waals surface area contributed by atoms with Gasteiger partial charge in [-0.1, -0.05) is 29.8 Å². The van der Waals surface area contributed by atoms with Gasteiger partial charge in [-0.25, -0.2) is 13.4 Å². The quantitative estimate of drug-likeness (QED) is 0.630. The summed E-state index contributed by atoms with van der Waals surface area (Å²) in [6.07, 6.45) is -1.60. The van der Waals surface area contributed by atoms with Crippen molar-refractivity contribution in [2.75, 3.05) is 35.2 Å². The highest BCUT2D eigenvalue weighted by Gasteiger charge is 2.32. The van der Waals surface area contributed by atoms with Gasteiger partial charge in [0.05, 0.1) is 34.1 Å². The van der Waals surface area contributed by atoms with Crippen LogP contribution in [-0.4, -0.2) is 61.2 Å². The molecule has 2 N–H and O–H groups in total. The number of pyridine rings is 1. The number of fused-ring (bicyclic) bond motifs is 2. The monoisotopic (exact) mass is 439 g/mol. The minimum absolute atomic E-state index is 0.0219. The second kappa shape index (κ2) is 7.47. The Balaban J connectivity index is 1.62. The molecule has 0 aliphatic carbocycles. The summed E-state index contributed by atoms with van der Waals surface area (Å²) in [5.74, 6) is 0.711. The number of sulfone groups is 1. The zero-order valence-electron chi connectivity index (χ0n) is 17.3. The number of anilines is 2. The maximum absolute atomic E-state index is 12.8. The lowest BCUT2D eigenvalue weighted by Gasteiger charge is -2.26. The third kappa shape index (κ3) is 3.64. The van der Waals surface area contributed by atoms with Crippen LogP contribution in [0.15, 0.2) is 53.4 Å². The van der Waals surface area contributed by atoms with Crippen LogP contribution in [0.3, 0.4) is 0 Å². The van der Waals surface area contributed by atoms with Crippen LogP contribution in [0.2, 0.25) is 0 Å². The van der Waals surface area contributed by atoms with Gasteiger partial charge in [-0.2, -0.15) is 0 Å². The third-order valence-electron chi connectivity index (χ3n) is 6.15. The van der Waals surface area contributed by atoms with Crippen molar-refractivity contribution in [3.63, 3.8) is 0 Å². The van der Waals surface area contributed by atoms with Gasteiger partial charge in [-0.3, -0.25) is 0 Å². The van der Waals surface area contributed by atoms with E-state index in [0.717, 1.165) is 27.7 Å². The first-order valence-electron chi connectivity index (χ1n) is 10.4. The number of aliphatic hydroxyl groups is 2. The van der Waals surface area contributed by atoms with E-state index >= 15 is 0 Å². The molecule has 8 heteroatoms. The molecule has 1 aromatic heterocycles. The molecule has 0 spiro atoms. The molecule has 7 nitrogen and oxygen atoms in total. The highest BCUT2D eigenvalue weighted by atomic mass is 32.2. The average Bonchev–Trinajstić information content (AvgIpc) is 3.01. The van der Waals surface area contributed by atoms with Crippen molar-refractivity contribution in [3.05, 3.63) is 59.7 Å². The Kier molecular flexibility index (Phi) is 4.88. The van der Waals surface area contributed by atoms with Crippen molar-refractivity contribution >= 4 is 32.2 Å². The van der Waals surface area contributed by atoms with Gasteiger partial charge >= 0.3 is 0 Å². The van der Waals surface area contributed by atoms with Gasteiger partial charge in [0.15, 0.2) is 9.84 Å². The fourth-order valence-electron chi connectivity index (χ4n) is 4.46. The summed E-state index contributed by atoms with van der Waals surface area (Å²) in [5, 5.41) is 21.1. The van der Waals surface area contributed by atoms with E-state index in [9.17, 15) is 18.6 Å². The molecule has 3 aromatic rings. The fourth-order valence-corrected chi connectivity index (χ4v) is 5.96. The zero-order valence-corrected chi connectivity index (χ0v) is 18.1. The lowest BCUT2D eigenvalue weighted by atomic mass is 10.1. The van der Waals surface area contributed by atoms with Crippen LogP contribution in [0.1, 0.15) is 11.1 Å². The molecular formula is C23H25N3O4S. The highest BCUT2D eigenvalue weighted by molar-refractivity contribution is 7.91. The van der Waals surface area contributed by atoms with Crippen molar-refractivity contribution in [1.82, 2.24) is 4.98 Å². The first-order valence-corrected chi connectivity index (χ1v) is 12.1. The number of β-amino-alcohol motifs (C(OH)–C–C–N with tert-alkyl or cyclic N) is 2. The predicted octanol–water partition coefficient (Wildman–Crippen LogP) is 1.88. The summed E-state index contributed by atoms with van der Waals surface area (Å²) in [4.78, 5) is 9.21. The van der Waals surface area contributed by atoms with Crippen LogP contribution >= 0.6 is 0 Å². The molecule has 31 heavy (non-hydrogen) atoms. The zero-order chi connectivity index (χ0) is 21.8. The maximum atomic E-state index is 12.8. The molecule has 0 amide bonds. The second-order valence-electron chi connectivity index (χ2n) is 8.41. The molecule has 2 aromatic carbocycles. The predicted molar refractivity (Wildman–Crippen MR) is 120 cm³/mol. The van der Waals surface area contributed by atoms with Gasteiger partial charge in [-0.05, 0) is 30.7 Å². The normalized spacial score (nSPS) is 23.1. The molecule has 0 radical (unpaired) electrons. The number of nitrogens with zero attached hydrogens (tertiary/aromatic N) is 3. The molecule has 2 aliphatic heterocycles. The standard InChI is InChI=1S/C23H25N3O4S/c1-15-6-7-18-17(10-15)19(26-13-20(27)21(28)14-26)11-23(24-18)25-8-9-31(29,30)22-5-3-2-4-16(22)12-25/h2-7,10-11,20-21,27-28H,8-9,12-14H2,1H3/t20-,21?/m0/s1. The van der Waals surface area contributed by atoms with Crippen LogP contribution in [0.5, 0.6) is 0 Å². The minimum Gasteiger partial charge on any atom is -0.389 e. The van der Waals surface area contributed by atoms with Crippen molar-refractivity contribution in [3.8, 4) is 0 Å². The van der Waals surface area contributed by atoms with Gasteiger partial charge in [0, 0.05) is 37.6 Å². The molecule has 0 saturated carbocycles. The Morgan fingerprint density at radius 3 is 2.52 bits per heavy atom. The molecular weight excluding hydrogens is 414 g/mol. The number of hydrogen-bond donors (Lipinski definition) is 2. The first kappa shape index (κ1) is 20.2. The smallest absolute Gasteiger partial charge is 0.180 e. The number of aryl methyl sites for hydroxylation is 1. The SMILES string of the molecule is Cc1ccc2nc(N3CCS(=O)(=O)c4ccccc4C3)cc(N3CC(O)[C@@H](O)C3)c2c1. The molecule has 1 fully saturated rings. The molecule has 2 aliphatic rings. The van der Waals surface area contributed by atoms with E-state index in [2.05, 4.69) is 6.07 Å². The summed E-state index contributed by atoms with van der Waals surface area (Å²) in [5.41, 5.74) is 3.55. The summed E-state index contributed by atoms with van der Waals surface area (Å²) in [7, 11) is -3.35. The Hall–Kier alpha value is -2.68. The summed E-state index contributed by atoms with van der Waals surface area (Å²) >= 11 is 0. The second-order valence-corrected chi connectivity index (χ2v) is 10.5. The van der Waals surface area contributed by atoms with Crippen molar-refractivity contribution in [2.45, 2.75) is 30.6 Å². The fraction of sp³-hybridized carbons (Fsp3) is 0.348. The van der Waals surface area contributed by atoms with Crippen LogP contribution < -0.4 is 9.80 Å². The van der Waals surface area contributed by atoms with Crippen molar-refractivity contribution < 1.29 is 18.6 Å². The molecule has 5 rings (SSSR count). The maximum Gasteiger partial charge on any atom is 0.180 e. The van der Waals surface area contributed by atoms with E-state index < -0.39 is 22.0 Å². The third-order valence-corrected chi connectivity index (χ3v) is 7.94. The minimum atomic E-state index is -3.35. The lowest BCUT2D eigenvalue weighted by molar-refractivity contribution is 0.0572. The molecule has 2 atom stereocenters. The Morgan fingerprint density at radius 2 is 1.74 bits per heavy atom. The lowest BCUT2D eigenvalue weighted by Crippen LogP contribution is -2.27. The number of benzene rings is 2. The Labute approximate surface area is 181 Å².